The summed E-state index contributed by atoms with van der Waals surface area (Å²) < 4.78 is 32.1. The zero-order valence-corrected chi connectivity index (χ0v) is 17.3. The Balaban J connectivity index is 2.25. The molecular formula is C17H21BrN2O5S. The van der Waals surface area contributed by atoms with E-state index in [9.17, 15) is 18.3 Å². The topological polar surface area (TPSA) is 88.8 Å². The minimum absolute atomic E-state index is 0.0409. The highest BCUT2D eigenvalue weighted by atomic mass is 79.9. The molecule has 0 aliphatic carbocycles. The van der Waals surface area contributed by atoms with Gasteiger partial charge in [0.2, 0.25) is 0 Å². The maximum absolute atomic E-state index is 12.7. The predicted octanol–water partition coefficient (Wildman–Crippen LogP) is 3.56. The van der Waals surface area contributed by atoms with Crippen molar-refractivity contribution in [3.8, 4) is 5.75 Å². The van der Waals surface area contributed by atoms with Gasteiger partial charge in [-0.1, -0.05) is 6.07 Å². The molecule has 2 rings (SSSR count). The summed E-state index contributed by atoms with van der Waals surface area (Å²) in [4.78, 5) is 13.4. The molecule has 0 aliphatic heterocycles. The average molecular weight is 445 g/mol. The molecular weight excluding hydrogens is 424 g/mol. The van der Waals surface area contributed by atoms with E-state index in [4.69, 9.17) is 4.74 Å². The van der Waals surface area contributed by atoms with Gasteiger partial charge in [-0.3, -0.25) is 0 Å². The summed E-state index contributed by atoms with van der Waals surface area (Å²) in [5.74, 6) is -0.140. The Kier molecular flexibility index (Phi) is 5.72. The first-order valence-corrected chi connectivity index (χ1v) is 9.99. The first kappa shape index (κ1) is 20.3. The van der Waals surface area contributed by atoms with E-state index < -0.39 is 21.7 Å². The molecule has 0 bridgehead atoms. The van der Waals surface area contributed by atoms with Gasteiger partial charge in [0.15, 0.2) is 0 Å². The van der Waals surface area contributed by atoms with Crippen LogP contribution in [0.3, 0.4) is 0 Å². The van der Waals surface area contributed by atoms with Crippen LogP contribution in [0.5, 0.6) is 5.75 Å². The van der Waals surface area contributed by atoms with E-state index >= 15 is 0 Å². The summed E-state index contributed by atoms with van der Waals surface area (Å²) in [6.45, 7) is 5.49. The molecule has 0 radical (unpaired) electrons. The molecule has 0 atom stereocenters. The molecule has 1 N–H and O–H groups in total. The summed E-state index contributed by atoms with van der Waals surface area (Å²) >= 11 is 3.23. The lowest BCUT2D eigenvalue weighted by Crippen LogP contribution is -2.33. The van der Waals surface area contributed by atoms with Gasteiger partial charge in [-0.05, 0) is 60.5 Å². The first-order valence-electron chi connectivity index (χ1n) is 7.75. The van der Waals surface area contributed by atoms with E-state index in [1.165, 1.54) is 35.4 Å². The van der Waals surface area contributed by atoms with Crippen LogP contribution in [0.1, 0.15) is 26.3 Å². The van der Waals surface area contributed by atoms with Gasteiger partial charge in [-0.25, -0.2) is 17.2 Å². The van der Waals surface area contributed by atoms with Crippen LogP contribution >= 0.6 is 15.9 Å². The molecule has 26 heavy (non-hydrogen) atoms. The molecule has 1 amide bonds. The summed E-state index contributed by atoms with van der Waals surface area (Å²) in [5.41, 5.74) is -0.00905. The number of halogens is 1. The molecule has 1 aromatic carbocycles. The fourth-order valence-corrected chi connectivity index (χ4v) is 4.44. The fraction of sp³-hybridized carbons (Fsp3) is 0.353. The Hall–Kier alpha value is -2.00. The zero-order chi connectivity index (χ0) is 19.7. The summed E-state index contributed by atoms with van der Waals surface area (Å²) in [7, 11) is -2.31. The largest absolute Gasteiger partial charge is 0.508 e. The second-order valence-electron chi connectivity index (χ2n) is 6.81. The molecule has 0 unspecified atom stereocenters. The second-order valence-corrected chi connectivity index (χ2v) is 9.43. The van der Waals surface area contributed by atoms with Gasteiger partial charge in [-0.15, -0.1) is 0 Å². The van der Waals surface area contributed by atoms with Crippen molar-refractivity contribution in [2.45, 2.75) is 37.8 Å². The van der Waals surface area contributed by atoms with Crippen LogP contribution in [-0.2, 0) is 21.3 Å². The molecule has 0 spiro atoms. The number of ether oxygens (including phenoxy) is 1. The summed E-state index contributed by atoms with van der Waals surface area (Å²) in [6.07, 6.45) is 0.918. The van der Waals surface area contributed by atoms with Crippen molar-refractivity contribution in [1.29, 1.82) is 0 Å². The highest BCUT2D eigenvalue weighted by molar-refractivity contribution is 9.10. The zero-order valence-electron chi connectivity index (χ0n) is 14.9. The Morgan fingerprint density at radius 3 is 2.54 bits per heavy atom. The number of aromatic hydroxyl groups is 1. The van der Waals surface area contributed by atoms with Gasteiger partial charge >= 0.3 is 6.09 Å². The summed E-state index contributed by atoms with van der Waals surface area (Å²) in [5, 5.41) is 9.53. The van der Waals surface area contributed by atoms with Crippen LogP contribution in [0.4, 0.5) is 4.79 Å². The van der Waals surface area contributed by atoms with Crippen molar-refractivity contribution in [1.82, 2.24) is 8.87 Å². The standard InChI is InChI=1S/C17H21BrN2O5S/c1-17(2,3)25-16(22)19(4)10-12-8-15(18)20(11-12)26(23,24)14-7-5-6-13(21)9-14/h5-9,11,21H,10H2,1-4H3. The lowest BCUT2D eigenvalue weighted by molar-refractivity contribution is 0.0285. The molecule has 7 nitrogen and oxygen atoms in total. The van der Waals surface area contributed by atoms with Crippen LogP contribution in [0, 0.1) is 0 Å². The third-order valence-electron chi connectivity index (χ3n) is 3.30. The van der Waals surface area contributed by atoms with Crippen molar-refractivity contribution in [3.05, 3.63) is 46.7 Å². The minimum Gasteiger partial charge on any atom is -0.508 e. The monoisotopic (exact) mass is 444 g/mol. The third-order valence-corrected chi connectivity index (χ3v) is 5.81. The molecule has 1 heterocycles. The van der Waals surface area contributed by atoms with E-state index in [1.54, 1.807) is 33.9 Å². The van der Waals surface area contributed by atoms with Crippen LogP contribution in [0.25, 0.3) is 0 Å². The van der Waals surface area contributed by atoms with Crippen LogP contribution in [0.2, 0.25) is 0 Å². The highest BCUT2D eigenvalue weighted by Crippen LogP contribution is 2.25. The molecule has 9 heteroatoms. The number of amides is 1. The Labute approximate surface area is 161 Å². The Morgan fingerprint density at radius 1 is 1.31 bits per heavy atom. The molecule has 0 aliphatic rings. The number of benzene rings is 1. The highest BCUT2D eigenvalue weighted by Gasteiger charge is 2.23. The number of hydrogen-bond acceptors (Lipinski definition) is 5. The Morgan fingerprint density at radius 2 is 1.96 bits per heavy atom. The predicted molar refractivity (Wildman–Crippen MR) is 101 cm³/mol. The first-order chi connectivity index (χ1) is 11.9. The van der Waals surface area contributed by atoms with Crippen LogP contribution in [-0.4, -0.2) is 41.1 Å². The van der Waals surface area contributed by atoms with Crippen molar-refractivity contribution in [3.63, 3.8) is 0 Å². The van der Waals surface area contributed by atoms with Gasteiger partial charge in [0.05, 0.1) is 11.4 Å². The smallest absolute Gasteiger partial charge is 0.410 e. The van der Waals surface area contributed by atoms with Crippen LogP contribution < -0.4 is 0 Å². The molecule has 0 saturated heterocycles. The van der Waals surface area contributed by atoms with Gasteiger partial charge in [-0.2, -0.15) is 0 Å². The van der Waals surface area contributed by atoms with E-state index in [0.717, 1.165) is 3.97 Å². The number of aromatic nitrogens is 1. The third kappa shape index (κ3) is 4.79. The number of phenolic OH excluding ortho intramolecular Hbond substituents is 1. The molecule has 142 valence electrons. The fourth-order valence-electron chi connectivity index (χ4n) is 2.17. The summed E-state index contributed by atoms with van der Waals surface area (Å²) in [6, 6.07) is 7.03. The molecule has 1 aromatic heterocycles. The second kappa shape index (κ2) is 7.32. The van der Waals surface area contributed by atoms with E-state index in [-0.39, 0.29) is 17.2 Å². The molecule has 0 saturated carbocycles. The number of hydrogen-bond donors (Lipinski definition) is 1. The number of nitrogens with zero attached hydrogens (tertiary/aromatic N) is 2. The van der Waals surface area contributed by atoms with Crippen LogP contribution in [0.15, 0.2) is 46.0 Å². The maximum Gasteiger partial charge on any atom is 0.410 e. The van der Waals surface area contributed by atoms with E-state index in [0.29, 0.717) is 10.2 Å². The minimum atomic E-state index is -3.88. The van der Waals surface area contributed by atoms with Crippen molar-refractivity contribution >= 4 is 32.0 Å². The molecule has 0 fully saturated rings. The van der Waals surface area contributed by atoms with Gasteiger partial charge in [0.1, 0.15) is 16.0 Å². The van der Waals surface area contributed by atoms with E-state index in [2.05, 4.69) is 15.9 Å². The lowest BCUT2D eigenvalue weighted by Gasteiger charge is -2.24. The van der Waals surface area contributed by atoms with Gasteiger partial charge in [0.25, 0.3) is 10.0 Å². The van der Waals surface area contributed by atoms with Crippen molar-refractivity contribution in [2.75, 3.05) is 7.05 Å². The number of phenols is 1. The average Bonchev–Trinajstić information content (AvgIpc) is 2.86. The maximum atomic E-state index is 12.7. The normalized spacial score (nSPS) is 12.0. The van der Waals surface area contributed by atoms with Crippen molar-refractivity contribution in [2.24, 2.45) is 0 Å². The quantitative estimate of drug-likeness (QED) is 0.778. The number of carbonyl (C=O) groups is 1. The van der Waals surface area contributed by atoms with E-state index in [1.807, 2.05) is 0 Å². The number of rotatable bonds is 4. The SMILES string of the molecule is CN(Cc1cc(Br)n(S(=O)(=O)c2cccc(O)c2)c1)C(=O)OC(C)(C)C. The number of carbonyl (C=O) groups excluding carboxylic acids is 1. The Bertz CT molecular complexity index is 915. The van der Waals surface area contributed by atoms with Gasteiger partial charge in [0, 0.05) is 19.3 Å². The van der Waals surface area contributed by atoms with Crippen molar-refractivity contribution < 1.29 is 23.1 Å². The van der Waals surface area contributed by atoms with Gasteiger partial charge < -0.3 is 14.7 Å². The molecule has 2 aromatic rings. The lowest BCUT2D eigenvalue weighted by atomic mass is 10.2.